The molecule has 0 radical (unpaired) electrons. The third kappa shape index (κ3) is 7.46. The van der Waals surface area contributed by atoms with Crippen LogP contribution in [0.4, 0.5) is 0 Å². The van der Waals surface area contributed by atoms with E-state index in [1.54, 1.807) is 14.2 Å². The summed E-state index contributed by atoms with van der Waals surface area (Å²) < 4.78 is 15.9. The van der Waals surface area contributed by atoms with Crippen LogP contribution in [0.25, 0.3) is 11.4 Å². The summed E-state index contributed by atoms with van der Waals surface area (Å²) in [5.74, 6) is 2.23. The van der Waals surface area contributed by atoms with Crippen molar-refractivity contribution < 1.29 is 19.0 Å². The van der Waals surface area contributed by atoms with Gasteiger partial charge in [-0.2, -0.15) is 0 Å². The molecule has 0 saturated carbocycles. The molecular weight excluding hydrogens is 478 g/mol. The lowest BCUT2D eigenvalue weighted by molar-refractivity contribution is -0.121. The van der Waals surface area contributed by atoms with Gasteiger partial charge >= 0.3 is 0 Å². The first-order valence-electron chi connectivity index (χ1n) is 12.1. The van der Waals surface area contributed by atoms with Crippen LogP contribution in [-0.4, -0.2) is 79.6 Å². The quantitative estimate of drug-likeness (QED) is 0.281. The molecular formula is C26H33N5O4S. The van der Waals surface area contributed by atoms with Crippen LogP contribution in [0.15, 0.2) is 53.7 Å². The maximum absolute atomic E-state index is 12.8. The molecule has 2 aromatic carbocycles. The van der Waals surface area contributed by atoms with Gasteiger partial charge in [0.2, 0.25) is 11.1 Å². The van der Waals surface area contributed by atoms with Crippen molar-refractivity contribution in [3.63, 3.8) is 0 Å². The Morgan fingerprint density at radius 1 is 1.08 bits per heavy atom. The molecule has 1 fully saturated rings. The molecule has 0 aliphatic carbocycles. The van der Waals surface area contributed by atoms with E-state index in [4.69, 9.17) is 14.2 Å². The molecule has 4 rings (SSSR count). The van der Waals surface area contributed by atoms with Gasteiger partial charge in [0.25, 0.3) is 0 Å². The van der Waals surface area contributed by atoms with Crippen LogP contribution in [-0.2, 0) is 9.53 Å². The highest BCUT2D eigenvalue weighted by Crippen LogP contribution is 2.37. The summed E-state index contributed by atoms with van der Waals surface area (Å²) in [5, 5.41) is 10.9. The average Bonchev–Trinajstić information content (AvgIpc) is 3.40. The first-order valence-corrected chi connectivity index (χ1v) is 13.0. The third-order valence-electron chi connectivity index (χ3n) is 6.01. The number of hydrogen-bond acceptors (Lipinski definition) is 8. The SMILES string of the molecule is COc1ccc(-c2nc(SC(CC(=O)NCCCN3CCOCC3)c3ccc(OC)cc3)n[nH]2)cc1. The van der Waals surface area contributed by atoms with E-state index >= 15 is 0 Å². The Hall–Kier alpha value is -3.08. The zero-order chi connectivity index (χ0) is 25.2. The largest absolute Gasteiger partial charge is 0.497 e. The molecule has 0 spiro atoms. The molecule has 192 valence electrons. The molecule has 1 unspecified atom stereocenters. The van der Waals surface area contributed by atoms with Crippen molar-refractivity contribution in [2.45, 2.75) is 23.2 Å². The molecule has 1 aliphatic rings. The summed E-state index contributed by atoms with van der Waals surface area (Å²) in [6.45, 7) is 5.10. The number of ether oxygens (including phenoxy) is 3. The number of hydrogen-bond donors (Lipinski definition) is 2. The lowest BCUT2D eigenvalue weighted by atomic mass is 10.1. The predicted octanol–water partition coefficient (Wildman–Crippen LogP) is 3.55. The predicted molar refractivity (Wildman–Crippen MR) is 139 cm³/mol. The minimum atomic E-state index is -0.144. The van der Waals surface area contributed by atoms with Gasteiger partial charge in [0.15, 0.2) is 5.82 Å². The second kappa shape index (κ2) is 13.3. The van der Waals surface area contributed by atoms with Crippen LogP contribution in [0.3, 0.4) is 0 Å². The van der Waals surface area contributed by atoms with E-state index in [0.29, 0.717) is 23.9 Å². The molecule has 2 N–H and O–H groups in total. The van der Waals surface area contributed by atoms with Gasteiger partial charge in [-0.25, -0.2) is 4.98 Å². The van der Waals surface area contributed by atoms with E-state index in [9.17, 15) is 4.79 Å². The maximum atomic E-state index is 12.8. The molecule has 9 nitrogen and oxygen atoms in total. The number of aromatic nitrogens is 3. The van der Waals surface area contributed by atoms with Crippen LogP contribution in [0, 0.1) is 0 Å². The molecule has 2 heterocycles. The fourth-order valence-corrected chi connectivity index (χ4v) is 4.97. The molecule has 1 aromatic heterocycles. The summed E-state index contributed by atoms with van der Waals surface area (Å²) in [5.41, 5.74) is 1.93. The summed E-state index contributed by atoms with van der Waals surface area (Å²) in [6.07, 6.45) is 1.24. The summed E-state index contributed by atoms with van der Waals surface area (Å²) in [7, 11) is 3.28. The van der Waals surface area contributed by atoms with Crippen molar-refractivity contribution in [1.82, 2.24) is 25.4 Å². The van der Waals surface area contributed by atoms with Gasteiger partial charge in [0.05, 0.1) is 27.4 Å². The topological polar surface area (TPSA) is 102 Å². The van der Waals surface area contributed by atoms with E-state index in [2.05, 4.69) is 25.4 Å². The Labute approximate surface area is 215 Å². The van der Waals surface area contributed by atoms with Crippen molar-refractivity contribution in [2.75, 3.05) is 53.6 Å². The number of thioether (sulfide) groups is 1. The lowest BCUT2D eigenvalue weighted by Gasteiger charge is -2.26. The number of H-pyrrole nitrogens is 1. The highest BCUT2D eigenvalue weighted by Gasteiger charge is 2.21. The molecule has 3 aromatic rings. The van der Waals surface area contributed by atoms with Crippen LogP contribution >= 0.6 is 11.8 Å². The summed E-state index contributed by atoms with van der Waals surface area (Å²) >= 11 is 1.47. The normalized spacial score (nSPS) is 14.8. The number of amides is 1. The van der Waals surface area contributed by atoms with E-state index < -0.39 is 0 Å². The Balaban J connectivity index is 1.37. The Morgan fingerprint density at radius 2 is 1.75 bits per heavy atom. The van der Waals surface area contributed by atoms with Crippen molar-refractivity contribution in [3.8, 4) is 22.9 Å². The van der Waals surface area contributed by atoms with E-state index in [-0.39, 0.29) is 11.2 Å². The molecule has 1 saturated heterocycles. The monoisotopic (exact) mass is 511 g/mol. The van der Waals surface area contributed by atoms with Crippen molar-refractivity contribution in [1.29, 1.82) is 0 Å². The minimum Gasteiger partial charge on any atom is -0.497 e. The molecule has 10 heteroatoms. The average molecular weight is 512 g/mol. The highest BCUT2D eigenvalue weighted by atomic mass is 32.2. The number of carbonyl (C=O) groups excluding carboxylic acids is 1. The molecule has 1 amide bonds. The molecule has 36 heavy (non-hydrogen) atoms. The van der Waals surface area contributed by atoms with Gasteiger partial charge < -0.3 is 19.5 Å². The van der Waals surface area contributed by atoms with Gasteiger partial charge in [0, 0.05) is 36.9 Å². The van der Waals surface area contributed by atoms with E-state index in [1.807, 2.05) is 48.5 Å². The first kappa shape index (κ1) is 26.0. The van der Waals surface area contributed by atoms with E-state index in [0.717, 1.165) is 61.9 Å². The Morgan fingerprint density at radius 3 is 2.42 bits per heavy atom. The second-order valence-electron chi connectivity index (χ2n) is 8.44. The van der Waals surface area contributed by atoms with Crippen LogP contribution in [0.1, 0.15) is 23.7 Å². The van der Waals surface area contributed by atoms with Crippen LogP contribution in [0.5, 0.6) is 11.5 Å². The zero-order valence-corrected chi connectivity index (χ0v) is 21.6. The fraction of sp³-hybridized carbons (Fsp3) is 0.423. The fourth-order valence-electron chi connectivity index (χ4n) is 3.95. The van der Waals surface area contributed by atoms with Gasteiger partial charge in [-0.05, 0) is 54.9 Å². The Kier molecular flexibility index (Phi) is 9.60. The van der Waals surface area contributed by atoms with E-state index in [1.165, 1.54) is 11.8 Å². The minimum absolute atomic E-state index is 0.0104. The summed E-state index contributed by atoms with van der Waals surface area (Å²) in [4.78, 5) is 19.9. The standard InChI is InChI=1S/C26H33N5O4S/c1-33-21-8-4-19(5-9-21)23(18-24(32)27-12-3-13-31-14-16-35-17-15-31)36-26-28-25(29-30-26)20-6-10-22(34-2)11-7-20/h4-11,23H,3,12-18H2,1-2H3,(H,27,32)(H,28,29,30). The number of rotatable bonds is 12. The first-order chi connectivity index (χ1) is 17.6. The van der Waals surface area contributed by atoms with Gasteiger partial charge in [-0.3, -0.25) is 14.8 Å². The van der Waals surface area contributed by atoms with Crippen molar-refractivity contribution >= 4 is 17.7 Å². The number of methoxy groups -OCH3 is 2. The number of carbonyl (C=O) groups is 1. The van der Waals surface area contributed by atoms with Crippen LogP contribution < -0.4 is 14.8 Å². The van der Waals surface area contributed by atoms with Crippen molar-refractivity contribution in [3.05, 3.63) is 54.1 Å². The number of benzene rings is 2. The van der Waals surface area contributed by atoms with Gasteiger partial charge in [0.1, 0.15) is 11.5 Å². The molecule has 0 bridgehead atoms. The maximum Gasteiger partial charge on any atom is 0.221 e. The number of nitrogens with zero attached hydrogens (tertiary/aromatic N) is 3. The lowest BCUT2D eigenvalue weighted by Crippen LogP contribution is -2.38. The van der Waals surface area contributed by atoms with Gasteiger partial charge in [-0.15, -0.1) is 5.10 Å². The van der Waals surface area contributed by atoms with Crippen molar-refractivity contribution in [2.24, 2.45) is 0 Å². The van der Waals surface area contributed by atoms with Crippen LogP contribution in [0.2, 0.25) is 0 Å². The second-order valence-corrected chi connectivity index (χ2v) is 9.61. The molecule has 1 aliphatic heterocycles. The highest BCUT2D eigenvalue weighted by molar-refractivity contribution is 7.99. The summed E-state index contributed by atoms with van der Waals surface area (Å²) in [6, 6.07) is 15.4. The number of morpholine rings is 1. The zero-order valence-electron chi connectivity index (χ0n) is 20.7. The van der Waals surface area contributed by atoms with Gasteiger partial charge in [-0.1, -0.05) is 23.9 Å². The Bertz CT molecular complexity index is 1080. The third-order valence-corrected chi connectivity index (χ3v) is 7.13. The number of nitrogens with one attached hydrogen (secondary N) is 2. The molecule has 1 atom stereocenters. The number of aromatic amines is 1. The smallest absolute Gasteiger partial charge is 0.221 e.